The molecule has 23 heavy (non-hydrogen) atoms. The Balaban J connectivity index is 0.000000338. The van der Waals surface area contributed by atoms with Crippen molar-refractivity contribution in [2.45, 2.75) is 0 Å². The number of para-hydroxylation sites is 2. The van der Waals surface area contributed by atoms with Gasteiger partial charge < -0.3 is 4.74 Å². The molecular formula is C16H13ClO6. The van der Waals surface area contributed by atoms with Crippen LogP contribution in [0, 0.1) is 10.2 Å². The van der Waals surface area contributed by atoms with E-state index in [0.717, 1.165) is 28.0 Å². The van der Waals surface area contributed by atoms with E-state index in [9.17, 15) is 0 Å². The summed E-state index contributed by atoms with van der Waals surface area (Å²) in [6, 6.07) is 19.8. The van der Waals surface area contributed by atoms with E-state index in [4.69, 9.17) is 27.8 Å². The van der Waals surface area contributed by atoms with Gasteiger partial charge in [0, 0.05) is 12.1 Å². The third-order valence-electron chi connectivity index (χ3n) is 2.93. The molecule has 0 saturated heterocycles. The van der Waals surface area contributed by atoms with Crippen molar-refractivity contribution in [2.75, 3.05) is 7.11 Å². The first kappa shape index (κ1) is 17.1. The molecule has 1 heterocycles. The number of rotatable bonds is 2. The number of methoxy groups -OCH3 is 1. The lowest BCUT2D eigenvalue weighted by Gasteiger charge is -2.17. The highest BCUT2D eigenvalue weighted by Crippen LogP contribution is 2.31. The molecule has 6 nitrogen and oxygen atoms in total. The molecule has 0 saturated carbocycles. The molecule has 0 spiro atoms. The summed E-state index contributed by atoms with van der Waals surface area (Å²) in [6.45, 7) is 0. The van der Waals surface area contributed by atoms with Crippen molar-refractivity contribution in [3.05, 3.63) is 60.7 Å². The molecule has 0 amide bonds. The van der Waals surface area contributed by atoms with Crippen LogP contribution in [0.25, 0.3) is 22.3 Å². The molecule has 1 aromatic heterocycles. The van der Waals surface area contributed by atoms with Crippen molar-refractivity contribution in [3.63, 3.8) is 0 Å². The van der Waals surface area contributed by atoms with Crippen LogP contribution in [0.3, 0.4) is 0 Å². The largest absolute Gasteiger partial charge is 0.496 e. The average Bonchev–Trinajstić information content (AvgIpc) is 2.53. The van der Waals surface area contributed by atoms with Gasteiger partial charge in [-0.25, -0.2) is 23.1 Å². The van der Waals surface area contributed by atoms with Crippen molar-refractivity contribution >= 4 is 11.0 Å². The van der Waals surface area contributed by atoms with E-state index in [0.29, 0.717) is 0 Å². The first-order valence-electron chi connectivity index (χ1n) is 6.45. The lowest BCUT2D eigenvalue weighted by atomic mass is 10.1. The van der Waals surface area contributed by atoms with Crippen LogP contribution in [0.15, 0.2) is 65.1 Å². The summed E-state index contributed by atoms with van der Waals surface area (Å²) >= 11 is 0. The van der Waals surface area contributed by atoms with Crippen molar-refractivity contribution < 1.29 is 38.0 Å². The molecule has 0 aliphatic heterocycles. The van der Waals surface area contributed by atoms with E-state index in [1.807, 2.05) is 54.6 Å². The summed E-state index contributed by atoms with van der Waals surface area (Å²) in [6.07, 6.45) is 0. The molecule has 3 aromatic rings. The highest BCUT2D eigenvalue weighted by molar-refractivity contribution is 5.79. The maximum Gasteiger partial charge on any atom is 0.364 e. The fraction of sp³-hybridized carbons (Fsp3) is 0.0625. The minimum absolute atomic E-state index is 0.811. The summed E-state index contributed by atoms with van der Waals surface area (Å²) in [7, 11) is -3.28. The second-order valence-corrected chi connectivity index (χ2v) is 5.17. The Bertz CT molecular complexity index is 779. The molecule has 0 unspecified atom stereocenters. The van der Waals surface area contributed by atoms with Gasteiger partial charge in [0.05, 0.1) is 12.5 Å². The van der Waals surface area contributed by atoms with E-state index in [1.54, 1.807) is 7.11 Å². The van der Waals surface area contributed by atoms with Gasteiger partial charge >= 0.3 is 11.3 Å². The minimum atomic E-state index is -4.94. The monoisotopic (exact) mass is 336 g/mol. The van der Waals surface area contributed by atoms with E-state index >= 15 is 0 Å². The van der Waals surface area contributed by atoms with Crippen molar-refractivity contribution in [2.24, 2.45) is 0 Å². The SMILES string of the molecule is COc1ccccc1-c1ccc2ccccc2[o+]1.[O-][Cl+3]([O-])([O-])[O-]. The molecule has 3 rings (SSSR count). The van der Waals surface area contributed by atoms with Crippen LogP contribution in [0.1, 0.15) is 0 Å². The fourth-order valence-electron chi connectivity index (χ4n) is 2.02. The standard InChI is InChI=1S/C16H13O2.ClHO4/c1-17-15-9-5-3-7-13(15)16-11-10-12-6-2-4-8-14(12)18-16;2-1(3,4)5/h2-11H,1H3;(H,2,3,4,5)/q+1;/p-1. The van der Waals surface area contributed by atoms with E-state index in [2.05, 4.69) is 6.07 Å². The summed E-state index contributed by atoms with van der Waals surface area (Å²) < 4.78 is 45.2. The van der Waals surface area contributed by atoms with Crippen LogP contribution in [-0.4, -0.2) is 7.11 Å². The van der Waals surface area contributed by atoms with Crippen LogP contribution in [0.2, 0.25) is 0 Å². The number of benzene rings is 2. The van der Waals surface area contributed by atoms with Crippen molar-refractivity contribution in [3.8, 4) is 17.1 Å². The molecule has 0 fully saturated rings. The zero-order chi connectivity index (χ0) is 16.9. The van der Waals surface area contributed by atoms with Crippen molar-refractivity contribution in [1.29, 1.82) is 0 Å². The van der Waals surface area contributed by atoms with Gasteiger partial charge in [0.2, 0.25) is 0 Å². The molecule has 120 valence electrons. The van der Waals surface area contributed by atoms with Crippen molar-refractivity contribution in [1.82, 2.24) is 0 Å². The van der Waals surface area contributed by atoms with Crippen LogP contribution >= 0.6 is 0 Å². The summed E-state index contributed by atoms with van der Waals surface area (Å²) in [5, 5.41) is 1.09. The third-order valence-corrected chi connectivity index (χ3v) is 2.93. The molecule has 0 atom stereocenters. The predicted octanol–water partition coefficient (Wildman–Crippen LogP) is -0.367. The summed E-state index contributed by atoms with van der Waals surface area (Å²) in [5.41, 5.74) is 1.84. The second kappa shape index (κ2) is 7.36. The maximum atomic E-state index is 8.49. The lowest BCUT2D eigenvalue weighted by molar-refractivity contribution is -2.00. The van der Waals surface area contributed by atoms with Gasteiger partial charge in [-0.2, -0.15) is 0 Å². The molecule has 0 radical (unpaired) electrons. The van der Waals surface area contributed by atoms with Gasteiger partial charge in [0.15, 0.2) is 0 Å². The predicted molar refractivity (Wildman–Crippen MR) is 72.6 cm³/mol. The van der Waals surface area contributed by atoms with E-state index in [-0.39, 0.29) is 0 Å². The quantitative estimate of drug-likeness (QED) is 0.590. The number of hydrogen-bond acceptors (Lipinski definition) is 5. The zero-order valence-electron chi connectivity index (χ0n) is 12.1. The van der Waals surface area contributed by atoms with Crippen LogP contribution in [-0.2, 0) is 0 Å². The van der Waals surface area contributed by atoms with E-state index < -0.39 is 10.2 Å². The van der Waals surface area contributed by atoms with Crippen LogP contribution in [0.5, 0.6) is 5.75 Å². The summed E-state index contributed by atoms with van der Waals surface area (Å²) in [5.74, 6) is 1.63. The normalized spacial score (nSPS) is 10.8. The Hall–Kier alpha value is -2.22. The Morgan fingerprint density at radius 1 is 0.826 bits per heavy atom. The fourth-order valence-corrected chi connectivity index (χ4v) is 2.02. The van der Waals surface area contributed by atoms with E-state index in [1.165, 1.54) is 0 Å². The van der Waals surface area contributed by atoms with Gasteiger partial charge in [-0.3, -0.25) is 0 Å². The first-order chi connectivity index (χ1) is 10.9. The number of halogens is 1. The molecule has 0 bridgehead atoms. The molecule has 0 aliphatic carbocycles. The smallest absolute Gasteiger partial charge is 0.364 e. The van der Waals surface area contributed by atoms with Gasteiger partial charge in [-0.05, 0) is 24.3 Å². The Labute approximate surface area is 134 Å². The molecule has 0 aliphatic rings. The topological polar surface area (TPSA) is 113 Å². The zero-order valence-corrected chi connectivity index (χ0v) is 12.9. The highest BCUT2D eigenvalue weighted by atomic mass is 35.7. The molecule has 7 heteroatoms. The van der Waals surface area contributed by atoms with Gasteiger partial charge in [-0.15, -0.1) is 10.2 Å². The van der Waals surface area contributed by atoms with Crippen LogP contribution < -0.4 is 23.4 Å². The molecular weight excluding hydrogens is 324 g/mol. The third kappa shape index (κ3) is 5.17. The second-order valence-electron chi connectivity index (χ2n) is 4.42. The number of fused-ring (bicyclic) bond motifs is 1. The van der Waals surface area contributed by atoms with Gasteiger partial charge in [0.25, 0.3) is 0 Å². The highest BCUT2D eigenvalue weighted by Gasteiger charge is 2.17. The minimum Gasteiger partial charge on any atom is -0.496 e. The first-order valence-corrected chi connectivity index (χ1v) is 7.69. The summed E-state index contributed by atoms with van der Waals surface area (Å²) in [4.78, 5) is 0. The average molecular weight is 337 g/mol. The number of ether oxygens (including phenoxy) is 1. The van der Waals surface area contributed by atoms with Gasteiger partial charge in [0.1, 0.15) is 11.3 Å². The Morgan fingerprint density at radius 2 is 1.43 bits per heavy atom. The lowest BCUT2D eigenvalue weighted by Crippen LogP contribution is -2.68. The maximum absolute atomic E-state index is 8.49. The van der Waals surface area contributed by atoms with Crippen LogP contribution in [0.4, 0.5) is 0 Å². The van der Waals surface area contributed by atoms with Gasteiger partial charge in [-0.1, -0.05) is 24.3 Å². The molecule has 2 aromatic carbocycles. The Morgan fingerprint density at radius 3 is 2.13 bits per heavy atom. The number of hydrogen-bond donors (Lipinski definition) is 0. The molecule has 0 N–H and O–H groups in total. The Kier molecular flexibility index (Phi) is 5.49.